The molecule has 1 amide bonds. The van der Waals surface area contributed by atoms with Crippen LogP contribution >= 0.6 is 0 Å². The second-order valence-electron chi connectivity index (χ2n) is 4.12. The maximum Gasteiger partial charge on any atom is 0.221 e. The lowest BCUT2D eigenvalue weighted by Crippen LogP contribution is -2.40. The molecule has 0 saturated heterocycles. The third-order valence-electron chi connectivity index (χ3n) is 1.96. The number of nitrogens with one attached hydrogen (secondary N) is 1. The molecule has 6 heteroatoms. The zero-order chi connectivity index (χ0) is 12.1. The van der Waals surface area contributed by atoms with E-state index in [4.69, 9.17) is 4.74 Å². The summed E-state index contributed by atoms with van der Waals surface area (Å²) in [4.78, 5) is 11.2. The van der Waals surface area contributed by atoms with Crippen molar-refractivity contribution < 1.29 is 17.9 Å². The molecule has 0 aliphatic rings. The van der Waals surface area contributed by atoms with Crippen molar-refractivity contribution in [3.8, 4) is 0 Å². The van der Waals surface area contributed by atoms with Crippen molar-refractivity contribution in [2.45, 2.75) is 25.9 Å². The normalized spacial score (nSPS) is 12.5. The Hall–Kier alpha value is -0.620. The van der Waals surface area contributed by atoms with Gasteiger partial charge in [0.15, 0.2) is 0 Å². The highest BCUT2D eigenvalue weighted by atomic mass is 32.2. The quantitative estimate of drug-likeness (QED) is 0.703. The van der Waals surface area contributed by atoms with Crippen molar-refractivity contribution in [2.24, 2.45) is 0 Å². The van der Waals surface area contributed by atoms with Gasteiger partial charge in [-0.2, -0.15) is 0 Å². The molecule has 0 radical (unpaired) electrons. The van der Waals surface area contributed by atoms with Crippen LogP contribution < -0.4 is 5.32 Å². The Morgan fingerprint density at radius 2 is 1.93 bits per heavy atom. The van der Waals surface area contributed by atoms with Crippen LogP contribution in [0, 0.1) is 0 Å². The number of sulfone groups is 1. The minimum atomic E-state index is -3.07. The molecule has 5 nitrogen and oxygen atoms in total. The van der Waals surface area contributed by atoms with Crippen LogP contribution in [0.15, 0.2) is 0 Å². The van der Waals surface area contributed by atoms with Gasteiger partial charge in [-0.3, -0.25) is 4.79 Å². The van der Waals surface area contributed by atoms with Crippen molar-refractivity contribution in [3.63, 3.8) is 0 Å². The first-order valence-corrected chi connectivity index (χ1v) is 6.72. The van der Waals surface area contributed by atoms with Crippen LogP contribution in [0.25, 0.3) is 0 Å². The second kappa shape index (κ2) is 5.46. The zero-order valence-electron chi connectivity index (χ0n) is 9.66. The maximum atomic E-state index is 11.2. The average Bonchev–Trinajstić information content (AvgIpc) is 2.10. The van der Waals surface area contributed by atoms with E-state index in [1.807, 2.05) is 13.8 Å². The van der Waals surface area contributed by atoms with E-state index < -0.39 is 15.4 Å². The Morgan fingerprint density at radius 1 is 1.40 bits per heavy atom. The lowest BCUT2D eigenvalue weighted by molar-refractivity contribution is -0.122. The van der Waals surface area contributed by atoms with Crippen LogP contribution in [0.2, 0.25) is 0 Å². The molecule has 0 aromatic rings. The van der Waals surface area contributed by atoms with Gasteiger partial charge in [0, 0.05) is 26.3 Å². The van der Waals surface area contributed by atoms with Crippen molar-refractivity contribution >= 4 is 15.7 Å². The number of amides is 1. The van der Waals surface area contributed by atoms with Crippen LogP contribution in [0.1, 0.15) is 20.3 Å². The van der Waals surface area contributed by atoms with Crippen LogP contribution in [-0.2, 0) is 19.4 Å². The van der Waals surface area contributed by atoms with E-state index in [0.717, 1.165) is 6.26 Å². The number of hydrogen-bond donors (Lipinski definition) is 1. The summed E-state index contributed by atoms with van der Waals surface area (Å²) in [6, 6.07) is 0. The molecule has 0 aliphatic heterocycles. The Balaban J connectivity index is 3.87. The first kappa shape index (κ1) is 14.4. The third-order valence-corrected chi connectivity index (χ3v) is 2.91. The lowest BCUT2D eigenvalue weighted by Gasteiger charge is -2.22. The number of rotatable bonds is 6. The molecule has 0 bridgehead atoms. The molecular formula is C9H19NO4S. The smallest absolute Gasteiger partial charge is 0.221 e. The molecule has 0 atom stereocenters. The van der Waals surface area contributed by atoms with Gasteiger partial charge in [0.1, 0.15) is 9.84 Å². The van der Waals surface area contributed by atoms with E-state index in [-0.39, 0.29) is 18.1 Å². The highest BCUT2D eigenvalue weighted by Crippen LogP contribution is 2.04. The fourth-order valence-corrected chi connectivity index (χ4v) is 1.31. The molecule has 0 aromatic heterocycles. The van der Waals surface area contributed by atoms with Gasteiger partial charge in [0.05, 0.1) is 11.4 Å². The fraction of sp³-hybridized carbons (Fsp3) is 0.889. The van der Waals surface area contributed by atoms with E-state index >= 15 is 0 Å². The molecule has 0 rings (SSSR count). The van der Waals surface area contributed by atoms with Crippen molar-refractivity contribution in [1.82, 2.24) is 5.32 Å². The Morgan fingerprint density at radius 3 is 2.33 bits per heavy atom. The van der Waals surface area contributed by atoms with E-state index in [0.29, 0.717) is 6.54 Å². The average molecular weight is 237 g/mol. The Labute approximate surface area is 91.1 Å². The van der Waals surface area contributed by atoms with Crippen molar-refractivity contribution in [2.75, 3.05) is 25.7 Å². The number of carbonyl (C=O) groups excluding carboxylic acids is 1. The largest absolute Gasteiger partial charge is 0.377 e. The first-order valence-electron chi connectivity index (χ1n) is 4.66. The Bertz CT molecular complexity index is 308. The van der Waals surface area contributed by atoms with Crippen molar-refractivity contribution in [1.29, 1.82) is 0 Å². The first-order chi connectivity index (χ1) is 6.66. The molecule has 0 aliphatic carbocycles. The molecule has 0 aromatic carbocycles. The topological polar surface area (TPSA) is 72.5 Å². The minimum Gasteiger partial charge on any atom is -0.377 e. The second-order valence-corrected chi connectivity index (χ2v) is 6.38. The van der Waals surface area contributed by atoms with Gasteiger partial charge >= 0.3 is 0 Å². The van der Waals surface area contributed by atoms with Crippen molar-refractivity contribution in [3.05, 3.63) is 0 Å². The summed E-state index contributed by atoms with van der Waals surface area (Å²) >= 11 is 0. The molecule has 0 unspecified atom stereocenters. The SMILES string of the molecule is COC(C)(C)CNC(=O)CCS(C)(=O)=O. The van der Waals surface area contributed by atoms with Gasteiger partial charge in [0.25, 0.3) is 0 Å². The predicted octanol–water partition coefficient (Wildman–Crippen LogP) is -0.0377. The molecule has 15 heavy (non-hydrogen) atoms. The van der Waals surface area contributed by atoms with Crippen LogP contribution in [0.4, 0.5) is 0 Å². The third kappa shape index (κ3) is 8.38. The van der Waals surface area contributed by atoms with Gasteiger partial charge < -0.3 is 10.1 Å². The Kier molecular flexibility index (Phi) is 5.23. The minimum absolute atomic E-state index is 0.00136. The van der Waals surface area contributed by atoms with Crippen LogP contribution in [-0.4, -0.2) is 45.6 Å². The maximum absolute atomic E-state index is 11.2. The highest BCUT2D eigenvalue weighted by Gasteiger charge is 2.17. The van der Waals surface area contributed by atoms with Gasteiger partial charge in [-0.05, 0) is 13.8 Å². The molecule has 0 spiro atoms. The van der Waals surface area contributed by atoms with E-state index in [2.05, 4.69) is 5.32 Å². The summed E-state index contributed by atoms with van der Waals surface area (Å²) in [5.74, 6) is -0.391. The van der Waals surface area contributed by atoms with Gasteiger partial charge in [-0.15, -0.1) is 0 Å². The number of carbonyl (C=O) groups is 1. The summed E-state index contributed by atoms with van der Waals surface area (Å²) < 4.78 is 26.7. The monoisotopic (exact) mass is 237 g/mol. The summed E-state index contributed by atoms with van der Waals surface area (Å²) in [7, 11) is -1.51. The summed E-state index contributed by atoms with van der Waals surface area (Å²) in [6.07, 6.45) is 1.11. The molecule has 0 fully saturated rings. The van der Waals surface area contributed by atoms with E-state index in [9.17, 15) is 13.2 Å². The van der Waals surface area contributed by atoms with Crippen LogP contribution in [0.3, 0.4) is 0 Å². The van der Waals surface area contributed by atoms with Gasteiger partial charge in [0.2, 0.25) is 5.91 Å². The number of hydrogen-bond acceptors (Lipinski definition) is 4. The van der Waals surface area contributed by atoms with E-state index in [1.54, 1.807) is 7.11 Å². The molecule has 90 valence electrons. The summed E-state index contributed by atoms with van der Waals surface area (Å²) in [5.41, 5.74) is -0.430. The zero-order valence-corrected chi connectivity index (χ0v) is 10.5. The molecule has 0 heterocycles. The number of ether oxygens (including phenoxy) is 1. The predicted molar refractivity (Wildman–Crippen MR) is 58.4 cm³/mol. The standard InChI is InChI=1S/C9H19NO4S/c1-9(2,14-3)7-10-8(11)5-6-15(4,12)13/h5-7H2,1-4H3,(H,10,11). The van der Waals surface area contributed by atoms with Gasteiger partial charge in [-0.25, -0.2) is 8.42 Å². The van der Waals surface area contributed by atoms with Gasteiger partial charge in [-0.1, -0.05) is 0 Å². The summed E-state index contributed by atoms with van der Waals surface area (Å²) in [5, 5.41) is 2.62. The van der Waals surface area contributed by atoms with Crippen LogP contribution in [0.5, 0.6) is 0 Å². The fourth-order valence-electron chi connectivity index (χ4n) is 0.750. The molecule has 0 saturated carbocycles. The number of methoxy groups -OCH3 is 1. The summed E-state index contributed by atoms with van der Waals surface area (Å²) in [6.45, 7) is 4.04. The lowest BCUT2D eigenvalue weighted by atomic mass is 10.1. The molecule has 1 N–H and O–H groups in total. The van der Waals surface area contributed by atoms with E-state index in [1.165, 1.54) is 0 Å². The highest BCUT2D eigenvalue weighted by molar-refractivity contribution is 7.90. The molecular weight excluding hydrogens is 218 g/mol.